The molecule has 19 heavy (non-hydrogen) atoms. The number of piperidine rings is 1. The van der Waals surface area contributed by atoms with Crippen LogP contribution in [0.3, 0.4) is 0 Å². The average Bonchev–Trinajstić information content (AvgIpc) is 2.32. The first-order chi connectivity index (χ1) is 8.95. The second-order valence-electron chi connectivity index (χ2n) is 5.03. The summed E-state index contributed by atoms with van der Waals surface area (Å²) in [5.74, 6) is -0.145. The minimum Gasteiger partial charge on any atom is -0.349 e. The van der Waals surface area contributed by atoms with Gasteiger partial charge in [-0.05, 0) is 38.9 Å². The Kier molecular flexibility index (Phi) is 4.66. The van der Waals surface area contributed by atoms with E-state index >= 15 is 0 Å². The summed E-state index contributed by atoms with van der Waals surface area (Å²) in [5.41, 5.74) is 0.455. The van der Waals surface area contributed by atoms with Crippen LogP contribution in [-0.4, -0.2) is 41.5 Å². The summed E-state index contributed by atoms with van der Waals surface area (Å²) in [6.07, 6.45) is 1.91. The maximum atomic E-state index is 12.1. The lowest BCUT2D eigenvalue weighted by Gasteiger charge is -2.35. The fraction of sp³-hybridized carbons (Fsp3) is 0.538. The van der Waals surface area contributed by atoms with Gasteiger partial charge in [0.25, 0.3) is 5.91 Å². The summed E-state index contributed by atoms with van der Waals surface area (Å²) in [5, 5.41) is 3.49. The van der Waals surface area contributed by atoms with Crippen LogP contribution in [0.25, 0.3) is 0 Å². The molecule has 2 heterocycles. The maximum absolute atomic E-state index is 12.1. The highest BCUT2D eigenvalue weighted by atomic mass is 35.5. The molecule has 0 spiro atoms. The van der Waals surface area contributed by atoms with Crippen molar-refractivity contribution in [3.05, 3.63) is 28.0 Å². The SMILES string of the molecule is CC1CC(NC(=O)c2cc(Cl)nc(Cl)c2)CCN1C. The Morgan fingerprint density at radius 2 is 2.05 bits per heavy atom. The number of carbonyl (C=O) groups excluding carboxylic acids is 1. The topological polar surface area (TPSA) is 45.2 Å². The monoisotopic (exact) mass is 301 g/mol. The molecular formula is C13H17Cl2N3O. The van der Waals surface area contributed by atoms with E-state index in [0.717, 1.165) is 19.4 Å². The first-order valence-electron chi connectivity index (χ1n) is 6.30. The molecule has 2 atom stereocenters. The lowest BCUT2D eigenvalue weighted by molar-refractivity contribution is 0.0896. The smallest absolute Gasteiger partial charge is 0.251 e. The molecule has 4 nitrogen and oxygen atoms in total. The molecule has 1 saturated heterocycles. The summed E-state index contributed by atoms with van der Waals surface area (Å²) in [6.45, 7) is 3.16. The predicted octanol–water partition coefficient (Wildman–Crippen LogP) is 2.60. The van der Waals surface area contributed by atoms with Gasteiger partial charge >= 0.3 is 0 Å². The zero-order valence-electron chi connectivity index (χ0n) is 11.0. The predicted molar refractivity (Wildman–Crippen MR) is 76.8 cm³/mol. The fourth-order valence-electron chi connectivity index (χ4n) is 2.29. The van der Waals surface area contributed by atoms with Crippen molar-refractivity contribution in [3.8, 4) is 0 Å². The Morgan fingerprint density at radius 3 is 2.63 bits per heavy atom. The highest BCUT2D eigenvalue weighted by Crippen LogP contribution is 2.18. The van der Waals surface area contributed by atoms with Crippen molar-refractivity contribution in [1.82, 2.24) is 15.2 Å². The lowest BCUT2D eigenvalue weighted by atomic mass is 9.98. The second kappa shape index (κ2) is 6.07. The van der Waals surface area contributed by atoms with Gasteiger partial charge in [0.1, 0.15) is 10.3 Å². The van der Waals surface area contributed by atoms with Crippen LogP contribution in [0.2, 0.25) is 10.3 Å². The molecule has 6 heteroatoms. The first kappa shape index (κ1) is 14.6. The fourth-order valence-corrected chi connectivity index (χ4v) is 2.75. The van der Waals surface area contributed by atoms with Crippen molar-refractivity contribution in [2.45, 2.75) is 31.8 Å². The summed E-state index contributed by atoms with van der Waals surface area (Å²) in [6, 6.07) is 3.73. The average molecular weight is 302 g/mol. The molecule has 0 aliphatic carbocycles. The van der Waals surface area contributed by atoms with Crippen LogP contribution in [0.5, 0.6) is 0 Å². The van der Waals surface area contributed by atoms with Crippen LogP contribution >= 0.6 is 23.2 Å². The second-order valence-corrected chi connectivity index (χ2v) is 5.80. The highest BCUT2D eigenvalue weighted by Gasteiger charge is 2.24. The van der Waals surface area contributed by atoms with Crippen molar-refractivity contribution >= 4 is 29.1 Å². The van der Waals surface area contributed by atoms with Gasteiger partial charge in [0.15, 0.2) is 0 Å². The Morgan fingerprint density at radius 1 is 1.42 bits per heavy atom. The van der Waals surface area contributed by atoms with E-state index in [4.69, 9.17) is 23.2 Å². The molecule has 0 saturated carbocycles. The Bertz CT molecular complexity index is 461. The third kappa shape index (κ3) is 3.81. The van der Waals surface area contributed by atoms with E-state index in [9.17, 15) is 4.79 Å². The Balaban J connectivity index is 2.01. The van der Waals surface area contributed by atoms with E-state index in [0.29, 0.717) is 11.6 Å². The van der Waals surface area contributed by atoms with Gasteiger partial charge in [0, 0.05) is 24.2 Å². The van der Waals surface area contributed by atoms with Gasteiger partial charge in [0.05, 0.1) is 0 Å². The van der Waals surface area contributed by atoms with Gasteiger partial charge in [-0.2, -0.15) is 0 Å². The van der Waals surface area contributed by atoms with Gasteiger partial charge in [-0.25, -0.2) is 4.98 Å². The molecule has 0 aromatic carbocycles. The first-order valence-corrected chi connectivity index (χ1v) is 7.05. The van der Waals surface area contributed by atoms with Gasteiger partial charge in [-0.15, -0.1) is 0 Å². The number of aromatic nitrogens is 1. The van der Waals surface area contributed by atoms with Crippen LogP contribution < -0.4 is 5.32 Å². The van der Waals surface area contributed by atoms with Crippen molar-refractivity contribution in [2.75, 3.05) is 13.6 Å². The van der Waals surface area contributed by atoms with Gasteiger partial charge in [-0.3, -0.25) is 4.79 Å². The molecule has 1 amide bonds. The zero-order chi connectivity index (χ0) is 14.0. The normalized spacial score (nSPS) is 24.2. The molecule has 1 aromatic rings. The number of amides is 1. The molecule has 0 radical (unpaired) electrons. The van der Waals surface area contributed by atoms with E-state index in [1.807, 2.05) is 0 Å². The number of carbonyl (C=O) groups is 1. The Hall–Kier alpha value is -0.840. The highest BCUT2D eigenvalue weighted by molar-refractivity contribution is 6.33. The van der Waals surface area contributed by atoms with Crippen LogP contribution in [-0.2, 0) is 0 Å². The van der Waals surface area contributed by atoms with Crippen molar-refractivity contribution in [1.29, 1.82) is 0 Å². The minimum absolute atomic E-state index is 0.145. The molecular weight excluding hydrogens is 285 g/mol. The largest absolute Gasteiger partial charge is 0.349 e. The number of likely N-dealkylation sites (tertiary alicyclic amines) is 1. The zero-order valence-corrected chi connectivity index (χ0v) is 12.5. The van der Waals surface area contributed by atoms with E-state index in [2.05, 4.69) is 29.2 Å². The molecule has 0 bridgehead atoms. The van der Waals surface area contributed by atoms with Crippen LogP contribution in [0.1, 0.15) is 30.1 Å². The lowest BCUT2D eigenvalue weighted by Crippen LogP contribution is -2.47. The molecule has 1 aliphatic heterocycles. The minimum atomic E-state index is -0.145. The van der Waals surface area contributed by atoms with Crippen LogP contribution in [0.15, 0.2) is 12.1 Å². The summed E-state index contributed by atoms with van der Waals surface area (Å²) >= 11 is 11.6. The van der Waals surface area contributed by atoms with Gasteiger partial charge < -0.3 is 10.2 Å². The third-order valence-electron chi connectivity index (χ3n) is 3.57. The quantitative estimate of drug-likeness (QED) is 0.854. The molecule has 104 valence electrons. The van der Waals surface area contributed by atoms with E-state index in [1.54, 1.807) is 0 Å². The number of nitrogens with zero attached hydrogens (tertiary/aromatic N) is 2. The maximum Gasteiger partial charge on any atom is 0.251 e. The summed E-state index contributed by atoms with van der Waals surface area (Å²) in [7, 11) is 2.10. The van der Waals surface area contributed by atoms with Gasteiger partial charge in [-0.1, -0.05) is 23.2 Å². The molecule has 2 unspecified atom stereocenters. The van der Waals surface area contributed by atoms with Crippen molar-refractivity contribution in [3.63, 3.8) is 0 Å². The number of halogens is 2. The number of pyridine rings is 1. The third-order valence-corrected chi connectivity index (χ3v) is 3.96. The van der Waals surface area contributed by atoms with E-state index in [-0.39, 0.29) is 22.3 Å². The van der Waals surface area contributed by atoms with Crippen molar-refractivity contribution in [2.24, 2.45) is 0 Å². The molecule has 1 N–H and O–H groups in total. The molecule has 1 aromatic heterocycles. The van der Waals surface area contributed by atoms with Gasteiger partial charge in [0.2, 0.25) is 0 Å². The molecule has 1 fully saturated rings. The summed E-state index contributed by atoms with van der Waals surface area (Å²) < 4.78 is 0. The van der Waals surface area contributed by atoms with Crippen LogP contribution in [0.4, 0.5) is 0 Å². The molecule has 2 rings (SSSR count). The number of rotatable bonds is 2. The number of hydrogen-bond donors (Lipinski definition) is 1. The number of nitrogens with one attached hydrogen (secondary N) is 1. The van der Waals surface area contributed by atoms with Crippen LogP contribution in [0, 0.1) is 0 Å². The van der Waals surface area contributed by atoms with E-state index in [1.165, 1.54) is 12.1 Å². The van der Waals surface area contributed by atoms with Crippen molar-refractivity contribution < 1.29 is 4.79 Å². The number of hydrogen-bond acceptors (Lipinski definition) is 3. The Labute approximate surface area is 123 Å². The summed E-state index contributed by atoms with van der Waals surface area (Å²) in [4.78, 5) is 18.3. The molecule has 1 aliphatic rings. The van der Waals surface area contributed by atoms with E-state index < -0.39 is 0 Å². The standard InChI is InChI=1S/C13H17Cl2N3O/c1-8-5-10(3-4-18(8)2)16-13(19)9-6-11(14)17-12(15)7-9/h6-8,10H,3-5H2,1-2H3,(H,16,19).